The molecule has 2 aromatic carbocycles. The Morgan fingerprint density at radius 1 is 1.16 bits per heavy atom. The lowest BCUT2D eigenvalue weighted by molar-refractivity contribution is 0.273. The first kappa shape index (κ1) is 19.0. The molecule has 0 saturated heterocycles. The van der Waals surface area contributed by atoms with E-state index in [2.05, 4.69) is 43.2 Å². The molecule has 0 fully saturated rings. The van der Waals surface area contributed by atoms with Gasteiger partial charge in [-0.1, -0.05) is 30.3 Å². The monoisotopic (exact) mass is 337 g/mol. The van der Waals surface area contributed by atoms with E-state index in [0.29, 0.717) is 18.2 Å². The van der Waals surface area contributed by atoms with Gasteiger partial charge in [-0.25, -0.2) is 0 Å². The van der Waals surface area contributed by atoms with Crippen molar-refractivity contribution in [3.8, 4) is 11.8 Å². The minimum Gasteiger partial charge on any atom is -0.489 e. The normalized spacial score (nSPS) is 10.9. The largest absolute Gasteiger partial charge is 0.489 e. The zero-order valence-electron chi connectivity index (χ0n) is 15.3. The van der Waals surface area contributed by atoms with Crippen LogP contribution < -0.4 is 10.1 Å². The Hall–Kier alpha value is -2.35. The van der Waals surface area contributed by atoms with Gasteiger partial charge in [-0.2, -0.15) is 5.26 Å². The summed E-state index contributed by atoms with van der Waals surface area (Å²) in [4.78, 5) is 2.32. The van der Waals surface area contributed by atoms with Crippen molar-refractivity contribution in [2.24, 2.45) is 0 Å². The van der Waals surface area contributed by atoms with Gasteiger partial charge >= 0.3 is 0 Å². The molecule has 0 aromatic heterocycles. The average Bonchev–Trinajstić information content (AvgIpc) is 2.63. The van der Waals surface area contributed by atoms with Crippen LogP contribution in [0.25, 0.3) is 0 Å². The highest BCUT2D eigenvalue weighted by Gasteiger charge is 2.04. The van der Waals surface area contributed by atoms with Crippen LogP contribution in [-0.4, -0.2) is 31.1 Å². The van der Waals surface area contributed by atoms with Crippen LogP contribution in [0.3, 0.4) is 0 Å². The van der Waals surface area contributed by atoms with Gasteiger partial charge in [-0.05, 0) is 44.7 Å². The van der Waals surface area contributed by atoms with Gasteiger partial charge in [0.2, 0.25) is 0 Å². The molecule has 4 heteroatoms. The quantitative estimate of drug-likeness (QED) is 0.711. The standard InChI is InChI=1S/C21H27N3O/c1-17(2)24(3)12-11-23-15-18-7-6-10-21(13-18)25-16-20-9-5-4-8-19(20)14-22/h4-10,13,17,23H,11-12,15-16H2,1-3H3. The number of rotatable bonds is 9. The lowest BCUT2D eigenvalue weighted by atomic mass is 10.1. The van der Waals surface area contributed by atoms with Gasteiger partial charge in [-0.3, -0.25) is 0 Å². The van der Waals surface area contributed by atoms with E-state index >= 15 is 0 Å². The fourth-order valence-electron chi connectivity index (χ4n) is 2.41. The summed E-state index contributed by atoms with van der Waals surface area (Å²) in [5.74, 6) is 0.825. The molecule has 0 aliphatic rings. The van der Waals surface area contributed by atoms with Crippen LogP contribution in [0.15, 0.2) is 48.5 Å². The van der Waals surface area contributed by atoms with Crippen molar-refractivity contribution in [1.29, 1.82) is 5.26 Å². The molecule has 0 saturated carbocycles. The van der Waals surface area contributed by atoms with Gasteiger partial charge in [0.25, 0.3) is 0 Å². The zero-order valence-corrected chi connectivity index (χ0v) is 15.3. The second-order valence-electron chi connectivity index (χ2n) is 6.46. The molecular formula is C21H27N3O. The van der Waals surface area contributed by atoms with Gasteiger partial charge in [0.15, 0.2) is 0 Å². The summed E-state index contributed by atoms with van der Waals surface area (Å²) in [6, 6.07) is 18.4. The first-order valence-corrected chi connectivity index (χ1v) is 8.71. The third-order valence-electron chi connectivity index (χ3n) is 4.28. The number of benzene rings is 2. The fraction of sp³-hybridized carbons (Fsp3) is 0.381. The molecule has 0 heterocycles. The van der Waals surface area contributed by atoms with Crippen LogP contribution in [0.1, 0.15) is 30.5 Å². The number of hydrogen-bond donors (Lipinski definition) is 1. The number of nitrogens with zero attached hydrogens (tertiary/aromatic N) is 2. The molecule has 2 rings (SSSR count). The molecule has 0 aliphatic carbocycles. The van der Waals surface area contributed by atoms with E-state index in [1.165, 1.54) is 5.56 Å². The van der Waals surface area contributed by atoms with E-state index in [4.69, 9.17) is 10.00 Å². The lowest BCUT2D eigenvalue weighted by Crippen LogP contribution is -2.33. The third-order valence-corrected chi connectivity index (χ3v) is 4.28. The van der Waals surface area contributed by atoms with Crippen molar-refractivity contribution in [3.63, 3.8) is 0 Å². The molecule has 0 aliphatic heterocycles. The van der Waals surface area contributed by atoms with Crippen molar-refractivity contribution in [1.82, 2.24) is 10.2 Å². The summed E-state index contributed by atoms with van der Waals surface area (Å²) in [6.45, 7) is 7.60. The Labute approximate surface area is 151 Å². The van der Waals surface area contributed by atoms with E-state index in [-0.39, 0.29) is 0 Å². The minimum atomic E-state index is 0.403. The highest BCUT2D eigenvalue weighted by molar-refractivity contribution is 5.37. The zero-order chi connectivity index (χ0) is 18.1. The van der Waals surface area contributed by atoms with Crippen LogP contribution in [0, 0.1) is 11.3 Å². The molecule has 0 spiro atoms. The van der Waals surface area contributed by atoms with Gasteiger partial charge < -0.3 is 15.0 Å². The molecule has 1 N–H and O–H groups in total. The Morgan fingerprint density at radius 3 is 2.72 bits per heavy atom. The fourth-order valence-corrected chi connectivity index (χ4v) is 2.41. The Kier molecular flexibility index (Phi) is 7.46. The minimum absolute atomic E-state index is 0.403. The highest BCUT2D eigenvalue weighted by atomic mass is 16.5. The predicted molar refractivity (Wildman–Crippen MR) is 101 cm³/mol. The van der Waals surface area contributed by atoms with E-state index in [1.54, 1.807) is 0 Å². The molecule has 0 bridgehead atoms. The number of nitriles is 1. The summed E-state index contributed by atoms with van der Waals surface area (Å²) in [5, 5.41) is 12.6. The first-order chi connectivity index (χ1) is 12.1. The summed E-state index contributed by atoms with van der Waals surface area (Å²) < 4.78 is 5.86. The number of likely N-dealkylation sites (N-methyl/N-ethyl adjacent to an activating group) is 1. The number of hydrogen-bond acceptors (Lipinski definition) is 4. The van der Waals surface area contributed by atoms with Gasteiger partial charge in [0.05, 0.1) is 11.6 Å². The summed E-state index contributed by atoms with van der Waals surface area (Å²) in [5.41, 5.74) is 2.76. The SMILES string of the molecule is CC(C)N(C)CCNCc1cccc(OCc2ccccc2C#N)c1. The summed E-state index contributed by atoms with van der Waals surface area (Å²) >= 11 is 0. The second kappa shape index (κ2) is 9.83. The van der Waals surface area contributed by atoms with Crippen molar-refractivity contribution < 1.29 is 4.74 Å². The molecule has 0 amide bonds. The number of nitrogens with one attached hydrogen (secondary N) is 1. The summed E-state index contributed by atoms with van der Waals surface area (Å²) in [7, 11) is 2.14. The van der Waals surface area contributed by atoms with Gasteiger partial charge in [0.1, 0.15) is 12.4 Å². The topological polar surface area (TPSA) is 48.3 Å². The Morgan fingerprint density at radius 2 is 1.96 bits per heavy atom. The van der Waals surface area contributed by atoms with Crippen molar-refractivity contribution in [2.75, 3.05) is 20.1 Å². The predicted octanol–water partition coefficient (Wildman–Crippen LogP) is 3.57. The number of ether oxygens (including phenoxy) is 1. The highest BCUT2D eigenvalue weighted by Crippen LogP contribution is 2.16. The van der Waals surface area contributed by atoms with Crippen molar-refractivity contribution >= 4 is 0 Å². The molecule has 0 unspecified atom stereocenters. The molecule has 25 heavy (non-hydrogen) atoms. The van der Waals surface area contributed by atoms with Gasteiger partial charge in [-0.15, -0.1) is 0 Å². The molecule has 4 nitrogen and oxygen atoms in total. The van der Waals surface area contributed by atoms with Crippen LogP contribution >= 0.6 is 0 Å². The van der Waals surface area contributed by atoms with E-state index in [1.807, 2.05) is 42.5 Å². The third kappa shape index (κ3) is 6.22. The van der Waals surface area contributed by atoms with Gasteiger partial charge in [0, 0.05) is 31.2 Å². The van der Waals surface area contributed by atoms with Crippen LogP contribution in [-0.2, 0) is 13.2 Å². The maximum Gasteiger partial charge on any atom is 0.120 e. The van der Waals surface area contributed by atoms with Crippen LogP contribution in [0.5, 0.6) is 5.75 Å². The van der Waals surface area contributed by atoms with E-state index < -0.39 is 0 Å². The first-order valence-electron chi connectivity index (χ1n) is 8.71. The average molecular weight is 337 g/mol. The van der Waals surface area contributed by atoms with E-state index in [9.17, 15) is 0 Å². The van der Waals surface area contributed by atoms with Crippen LogP contribution in [0.4, 0.5) is 0 Å². The molecule has 0 radical (unpaired) electrons. The lowest BCUT2D eigenvalue weighted by Gasteiger charge is -2.21. The maximum absolute atomic E-state index is 9.14. The van der Waals surface area contributed by atoms with Crippen molar-refractivity contribution in [2.45, 2.75) is 33.0 Å². The molecule has 0 atom stereocenters. The van der Waals surface area contributed by atoms with E-state index in [0.717, 1.165) is 30.9 Å². The molecular weight excluding hydrogens is 310 g/mol. The Balaban J connectivity index is 1.84. The summed E-state index contributed by atoms with van der Waals surface area (Å²) in [6.07, 6.45) is 0. The van der Waals surface area contributed by atoms with Crippen LogP contribution in [0.2, 0.25) is 0 Å². The maximum atomic E-state index is 9.14. The smallest absolute Gasteiger partial charge is 0.120 e. The van der Waals surface area contributed by atoms with Crippen molar-refractivity contribution in [3.05, 3.63) is 65.2 Å². The Bertz CT molecular complexity index is 706. The second-order valence-corrected chi connectivity index (χ2v) is 6.46. The molecule has 132 valence electrons. The molecule has 2 aromatic rings.